The lowest BCUT2D eigenvalue weighted by Gasteiger charge is -2.01. The first kappa shape index (κ1) is 11.4. The molecule has 0 unspecified atom stereocenters. The summed E-state index contributed by atoms with van der Waals surface area (Å²) in [5.41, 5.74) is 8.36. The maximum Gasteiger partial charge on any atom is 0.232 e. The molecule has 0 aliphatic rings. The highest BCUT2D eigenvalue weighted by molar-refractivity contribution is 5.84. The van der Waals surface area contributed by atoms with Crippen molar-refractivity contribution in [2.45, 2.75) is 0 Å². The normalized spacial score (nSPS) is 10.6. The fourth-order valence-electron chi connectivity index (χ4n) is 1.87. The average Bonchev–Trinajstić information content (AvgIpc) is 2.82. The number of benzene rings is 1. The molecule has 0 aliphatic heterocycles. The lowest BCUT2D eigenvalue weighted by molar-refractivity contribution is 0.439. The molecule has 0 amide bonds. The van der Waals surface area contributed by atoms with Gasteiger partial charge in [0.2, 0.25) is 5.88 Å². The SMILES string of the molecule is Nc1onc(-c2ccc(F)cc2)c1-c1ccccn1. The second-order valence-electron chi connectivity index (χ2n) is 3.99. The maximum absolute atomic E-state index is 13.0. The van der Waals surface area contributed by atoms with Crippen molar-refractivity contribution in [2.75, 3.05) is 5.73 Å². The van der Waals surface area contributed by atoms with E-state index < -0.39 is 0 Å². The molecule has 19 heavy (non-hydrogen) atoms. The van der Waals surface area contributed by atoms with E-state index in [4.69, 9.17) is 10.3 Å². The van der Waals surface area contributed by atoms with Crippen molar-refractivity contribution in [1.29, 1.82) is 0 Å². The van der Waals surface area contributed by atoms with E-state index in [-0.39, 0.29) is 11.7 Å². The van der Waals surface area contributed by atoms with Crippen LogP contribution >= 0.6 is 0 Å². The van der Waals surface area contributed by atoms with E-state index in [1.54, 1.807) is 18.3 Å². The second kappa shape index (κ2) is 4.53. The summed E-state index contributed by atoms with van der Waals surface area (Å²) in [7, 11) is 0. The highest BCUT2D eigenvalue weighted by atomic mass is 19.1. The molecule has 94 valence electrons. The van der Waals surface area contributed by atoms with Gasteiger partial charge in [-0.25, -0.2) is 4.39 Å². The number of nitrogens with zero attached hydrogens (tertiary/aromatic N) is 2. The highest BCUT2D eigenvalue weighted by Crippen LogP contribution is 2.34. The molecule has 1 aromatic carbocycles. The predicted octanol–water partition coefficient (Wildman–Crippen LogP) is 3.12. The Bertz CT molecular complexity index is 692. The zero-order valence-corrected chi connectivity index (χ0v) is 9.88. The van der Waals surface area contributed by atoms with Crippen molar-refractivity contribution in [3.05, 3.63) is 54.5 Å². The number of nitrogens with two attached hydrogens (primary N) is 1. The van der Waals surface area contributed by atoms with Gasteiger partial charge in [-0.15, -0.1) is 0 Å². The Hall–Kier alpha value is -2.69. The van der Waals surface area contributed by atoms with Gasteiger partial charge in [0, 0.05) is 11.8 Å². The number of hydrogen-bond donors (Lipinski definition) is 1. The van der Waals surface area contributed by atoms with Gasteiger partial charge in [-0.05, 0) is 36.4 Å². The Labute approximate surface area is 108 Å². The number of aromatic nitrogens is 2. The van der Waals surface area contributed by atoms with E-state index in [1.165, 1.54) is 12.1 Å². The smallest absolute Gasteiger partial charge is 0.232 e. The fourth-order valence-corrected chi connectivity index (χ4v) is 1.87. The van der Waals surface area contributed by atoms with Gasteiger partial charge in [-0.3, -0.25) is 4.98 Å². The highest BCUT2D eigenvalue weighted by Gasteiger charge is 2.18. The molecule has 4 nitrogen and oxygen atoms in total. The van der Waals surface area contributed by atoms with Gasteiger partial charge in [0.05, 0.1) is 11.3 Å². The summed E-state index contributed by atoms with van der Waals surface area (Å²) in [6, 6.07) is 11.5. The molecule has 0 radical (unpaired) electrons. The molecule has 5 heteroatoms. The van der Waals surface area contributed by atoms with Crippen molar-refractivity contribution in [2.24, 2.45) is 0 Å². The first-order chi connectivity index (χ1) is 9.25. The predicted molar refractivity (Wildman–Crippen MR) is 69.5 cm³/mol. The minimum absolute atomic E-state index is 0.193. The van der Waals surface area contributed by atoms with Crippen LogP contribution in [0.25, 0.3) is 22.5 Å². The van der Waals surface area contributed by atoms with Crippen molar-refractivity contribution in [1.82, 2.24) is 10.1 Å². The number of nitrogen functional groups attached to an aromatic ring is 1. The van der Waals surface area contributed by atoms with Crippen molar-refractivity contribution >= 4 is 5.88 Å². The molecule has 0 saturated heterocycles. The van der Waals surface area contributed by atoms with Gasteiger partial charge >= 0.3 is 0 Å². The summed E-state index contributed by atoms with van der Waals surface area (Å²) in [6.45, 7) is 0. The van der Waals surface area contributed by atoms with Crippen LogP contribution in [0.4, 0.5) is 10.3 Å². The third-order valence-electron chi connectivity index (χ3n) is 2.76. The molecule has 0 saturated carbocycles. The van der Waals surface area contributed by atoms with Crippen LogP contribution in [0.3, 0.4) is 0 Å². The van der Waals surface area contributed by atoms with Crippen LogP contribution in [-0.2, 0) is 0 Å². The van der Waals surface area contributed by atoms with Gasteiger partial charge in [-0.1, -0.05) is 11.2 Å². The summed E-state index contributed by atoms with van der Waals surface area (Å²) < 4.78 is 18.0. The van der Waals surface area contributed by atoms with Crippen LogP contribution < -0.4 is 5.73 Å². The van der Waals surface area contributed by atoms with Gasteiger partial charge in [0.15, 0.2) is 0 Å². The van der Waals surface area contributed by atoms with Crippen LogP contribution in [0, 0.1) is 5.82 Å². The summed E-state index contributed by atoms with van der Waals surface area (Å²) in [5.74, 6) is -0.113. The standard InChI is InChI=1S/C14H10FN3O/c15-10-6-4-9(5-7-10)13-12(14(16)19-18-13)11-3-1-2-8-17-11/h1-8H,16H2. The van der Waals surface area contributed by atoms with Crippen molar-refractivity contribution in [3.63, 3.8) is 0 Å². The van der Waals surface area contributed by atoms with E-state index in [0.29, 0.717) is 17.0 Å². The fraction of sp³-hybridized carbons (Fsp3) is 0. The van der Waals surface area contributed by atoms with E-state index in [1.807, 2.05) is 18.2 Å². The zero-order chi connectivity index (χ0) is 13.2. The molecule has 0 aliphatic carbocycles. The number of pyridine rings is 1. The third-order valence-corrected chi connectivity index (χ3v) is 2.76. The van der Waals surface area contributed by atoms with E-state index >= 15 is 0 Å². The van der Waals surface area contributed by atoms with Crippen molar-refractivity contribution in [3.8, 4) is 22.5 Å². The Morgan fingerprint density at radius 2 is 1.84 bits per heavy atom. The molecule has 0 atom stereocenters. The molecule has 0 fully saturated rings. The van der Waals surface area contributed by atoms with E-state index in [0.717, 1.165) is 5.56 Å². The molecule has 0 spiro atoms. The summed E-state index contributed by atoms with van der Waals surface area (Å²) >= 11 is 0. The summed E-state index contributed by atoms with van der Waals surface area (Å²) in [5, 5.41) is 3.93. The van der Waals surface area contributed by atoms with Gasteiger partial charge in [0.1, 0.15) is 11.5 Å². The number of anilines is 1. The first-order valence-corrected chi connectivity index (χ1v) is 5.68. The van der Waals surface area contributed by atoms with E-state index in [2.05, 4.69) is 10.1 Å². The molecular weight excluding hydrogens is 245 g/mol. The Morgan fingerprint density at radius 1 is 1.05 bits per heavy atom. The van der Waals surface area contributed by atoms with Crippen molar-refractivity contribution < 1.29 is 8.91 Å². The lowest BCUT2D eigenvalue weighted by Crippen LogP contribution is -1.90. The Morgan fingerprint density at radius 3 is 2.53 bits per heavy atom. The van der Waals surface area contributed by atoms with Gasteiger partial charge < -0.3 is 10.3 Å². The van der Waals surface area contributed by atoms with Crippen LogP contribution in [0.1, 0.15) is 0 Å². The van der Waals surface area contributed by atoms with Crippen LogP contribution in [-0.4, -0.2) is 10.1 Å². The van der Waals surface area contributed by atoms with Crippen LogP contribution in [0.2, 0.25) is 0 Å². The topological polar surface area (TPSA) is 64.9 Å². The number of rotatable bonds is 2. The first-order valence-electron chi connectivity index (χ1n) is 5.68. The monoisotopic (exact) mass is 255 g/mol. The molecule has 3 rings (SSSR count). The molecular formula is C14H10FN3O. The average molecular weight is 255 g/mol. The zero-order valence-electron chi connectivity index (χ0n) is 9.88. The lowest BCUT2D eigenvalue weighted by atomic mass is 10.0. The van der Waals surface area contributed by atoms with Crippen LogP contribution in [0.15, 0.2) is 53.2 Å². The van der Waals surface area contributed by atoms with E-state index in [9.17, 15) is 4.39 Å². The molecule has 2 N–H and O–H groups in total. The quantitative estimate of drug-likeness (QED) is 0.764. The second-order valence-corrected chi connectivity index (χ2v) is 3.99. The minimum atomic E-state index is -0.306. The number of hydrogen-bond acceptors (Lipinski definition) is 4. The largest absolute Gasteiger partial charge is 0.367 e. The molecule has 0 bridgehead atoms. The molecule has 2 aromatic heterocycles. The van der Waals surface area contributed by atoms with Crippen LogP contribution in [0.5, 0.6) is 0 Å². The molecule has 2 heterocycles. The Kier molecular flexibility index (Phi) is 2.72. The summed E-state index contributed by atoms with van der Waals surface area (Å²) in [6.07, 6.45) is 1.66. The third kappa shape index (κ3) is 2.06. The minimum Gasteiger partial charge on any atom is -0.367 e. The number of halogens is 1. The summed E-state index contributed by atoms with van der Waals surface area (Å²) in [4.78, 5) is 4.23. The Balaban J connectivity index is 2.16. The maximum atomic E-state index is 13.0. The van der Waals surface area contributed by atoms with Gasteiger partial charge in [-0.2, -0.15) is 0 Å². The van der Waals surface area contributed by atoms with Gasteiger partial charge in [0.25, 0.3) is 0 Å². The molecule has 3 aromatic rings.